The number of nitrogens with one attached hydrogen (secondary N) is 1. The van der Waals surface area contributed by atoms with Crippen LogP contribution in [0.25, 0.3) is 0 Å². The fourth-order valence-electron chi connectivity index (χ4n) is 1.33. The van der Waals surface area contributed by atoms with Gasteiger partial charge in [-0.1, -0.05) is 37.0 Å². The van der Waals surface area contributed by atoms with Crippen molar-refractivity contribution >= 4 is 29.1 Å². The Kier molecular flexibility index (Phi) is 5.85. The highest BCUT2D eigenvalue weighted by Gasteiger charge is 2.14. The molecular weight excluding hydrogens is 275 g/mol. The highest BCUT2D eigenvalue weighted by atomic mass is 35.5. The Morgan fingerprint density at radius 1 is 1.44 bits per heavy atom. The number of aromatic nitrogens is 1. The summed E-state index contributed by atoms with van der Waals surface area (Å²) < 4.78 is 0. The van der Waals surface area contributed by atoms with Crippen molar-refractivity contribution in [1.82, 2.24) is 10.3 Å². The van der Waals surface area contributed by atoms with E-state index < -0.39 is 12.0 Å². The zero-order valence-corrected chi connectivity index (χ0v) is 11.8. The van der Waals surface area contributed by atoms with E-state index in [9.17, 15) is 9.90 Å². The molecule has 0 aliphatic carbocycles. The molecule has 6 heteroatoms. The molecule has 0 bridgehead atoms. The lowest BCUT2D eigenvalue weighted by Gasteiger charge is -2.14. The van der Waals surface area contributed by atoms with Crippen LogP contribution in [0, 0.1) is 5.92 Å². The highest BCUT2D eigenvalue weighted by Crippen LogP contribution is 2.16. The third kappa shape index (κ3) is 4.44. The standard InChI is InChI=1S/C12H16Cl2N2O2/c1-7(2)9(17)5-6-15-12(18)11-8(13)3-4-10(14)16-11/h3-4,7,9,17H,5-6H2,1-2H3,(H,15,18). The summed E-state index contributed by atoms with van der Waals surface area (Å²) in [6, 6.07) is 3.04. The van der Waals surface area contributed by atoms with Crippen LogP contribution in [0.2, 0.25) is 10.2 Å². The van der Waals surface area contributed by atoms with Gasteiger partial charge in [0, 0.05) is 6.54 Å². The lowest BCUT2D eigenvalue weighted by molar-refractivity contribution is 0.0916. The number of halogens is 2. The van der Waals surface area contributed by atoms with Crippen LogP contribution in [0.15, 0.2) is 12.1 Å². The topological polar surface area (TPSA) is 62.2 Å². The van der Waals surface area contributed by atoms with E-state index in [0.717, 1.165) is 0 Å². The fraction of sp³-hybridized carbons (Fsp3) is 0.500. The largest absolute Gasteiger partial charge is 0.393 e. The van der Waals surface area contributed by atoms with Gasteiger partial charge in [0.1, 0.15) is 10.8 Å². The Morgan fingerprint density at radius 2 is 2.11 bits per heavy atom. The van der Waals surface area contributed by atoms with E-state index in [1.807, 2.05) is 13.8 Å². The first-order valence-corrected chi connectivity index (χ1v) is 6.45. The molecule has 0 aliphatic heterocycles. The van der Waals surface area contributed by atoms with Gasteiger partial charge in [0.05, 0.1) is 11.1 Å². The van der Waals surface area contributed by atoms with Gasteiger partial charge in [-0.2, -0.15) is 0 Å². The summed E-state index contributed by atoms with van der Waals surface area (Å²) in [4.78, 5) is 15.6. The van der Waals surface area contributed by atoms with Crippen molar-refractivity contribution in [2.75, 3.05) is 6.54 Å². The Balaban J connectivity index is 2.53. The minimum atomic E-state index is -0.437. The second-order valence-electron chi connectivity index (χ2n) is 4.32. The van der Waals surface area contributed by atoms with Gasteiger partial charge in [-0.15, -0.1) is 0 Å². The molecule has 0 saturated heterocycles. The molecular formula is C12H16Cl2N2O2. The quantitative estimate of drug-likeness (QED) is 0.819. The number of hydrogen-bond donors (Lipinski definition) is 2. The second-order valence-corrected chi connectivity index (χ2v) is 5.11. The molecule has 1 heterocycles. The number of rotatable bonds is 5. The van der Waals surface area contributed by atoms with Crippen molar-refractivity contribution in [3.63, 3.8) is 0 Å². The van der Waals surface area contributed by atoms with Crippen LogP contribution in [0.5, 0.6) is 0 Å². The molecule has 100 valence electrons. The summed E-state index contributed by atoms with van der Waals surface area (Å²) in [6.07, 6.45) is 0.0507. The first-order chi connectivity index (χ1) is 8.41. The van der Waals surface area contributed by atoms with Crippen LogP contribution in [-0.2, 0) is 0 Å². The third-order valence-electron chi connectivity index (χ3n) is 2.52. The van der Waals surface area contributed by atoms with Gasteiger partial charge < -0.3 is 10.4 Å². The first kappa shape index (κ1) is 15.2. The summed E-state index contributed by atoms with van der Waals surface area (Å²) in [5, 5.41) is 12.7. The summed E-state index contributed by atoms with van der Waals surface area (Å²) in [5.41, 5.74) is 0.100. The molecule has 1 aromatic rings. The number of carbonyl (C=O) groups is 1. The van der Waals surface area contributed by atoms with Crippen molar-refractivity contribution in [1.29, 1.82) is 0 Å². The summed E-state index contributed by atoms with van der Waals surface area (Å²) >= 11 is 11.5. The van der Waals surface area contributed by atoms with Crippen LogP contribution < -0.4 is 5.32 Å². The van der Waals surface area contributed by atoms with E-state index in [-0.39, 0.29) is 21.8 Å². The maximum Gasteiger partial charge on any atom is 0.271 e. The molecule has 18 heavy (non-hydrogen) atoms. The summed E-state index contributed by atoms with van der Waals surface area (Å²) in [7, 11) is 0. The molecule has 1 aromatic heterocycles. The zero-order valence-electron chi connectivity index (χ0n) is 10.3. The van der Waals surface area contributed by atoms with E-state index in [4.69, 9.17) is 23.2 Å². The minimum Gasteiger partial charge on any atom is -0.393 e. The first-order valence-electron chi connectivity index (χ1n) is 5.70. The highest BCUT2D eigenvalue weighted by molar-refractivity contribution is 6.34. The Morgan fingerprint density at radius 3 is 2.72 bits per heavy atom. The van der Waals surface area contributed by atoms with E-state index in [1.54, 1.807) is 0 Å². The Labute approximate surface area is 116 Å². The molecule has 0 radical (unpaired) electrons. The molecule has 1 atom stereocenters. The maximum atomic E-state index is 11.8. The number of amides is 1. The molecule has 1 amide bonds. The number of aliphatic hydroxyl groups excluding tert-OH is 1. The monoisotopic (exact) mass is 290 g/mol. The second kappa shape index (κ2) is 6.92. The average molecular weight is 291 g/mol. The molecule has 0 spiro atoms. The van der Waals surface area contributed by atoms with Gasteiger partial charge in [-0.3, -0.25) is 4.79 Å². The van der Waals surface area contributed by atoms with Gasteiger partial charge in [0.15, 0.2) is 0 Å². The van der Waals surface area contributed by atoms with Gasteiger partial charge in [0.25, 0.3) is 5.91 Å². The van der Waals surface area contributed by atoms with Crippen LogP contribution in [0.4, 0.5) is 0 Å². The zero-order chi connectivity index (χ0) is 13.7. The van der Waals surface area contributed by atoms with Crippen LogP contribution in [-0.4, -0.2) is 28.6 Å². The van der Waals surface area contributed by atoms with Crippen molar-refractivity contribution in [3.05, 3.63) is 28.0 Å². The normalized spacial score (nSPS) is 12.6. The van der Waals surface area contributed by atoms with Gasteiger partial charge >= 0.3 is 0 Å². The van der Waals surface area contributed by atoms with E-state index in [0.29, 0.717) is 13.0 Å². The number of aliphatic hydroxyl groups is 1. The van der Waals surface area contributed by atoms with Crippen LogP contribution in [0.3, 0.4) is 0 Å². The Bertz CT molecular complexity index is 425. The van der Waals surface area contributed by atoms with Crippen molar-refractivity contribution in [3.8, 4) is 0 Å². The predicted octanol–water partition coefficient (Wildman–Crippen LogP) is 2.53. The van der Waals surface area contributed by atoms with Gasteiger partial charge in [-0.05, 0) is 24.5 Å². The van der Waals surface area contributed by atoms with E-state index in [1.165, 1.54) is 12.1 Å². The van der Waals surface area contributed by atoms with Crippen LogP contribution in [0.1, 0.15) is 30.8 Å². The number of hydrogen-bond acceptors (Lipinski definition) is 3. The molecule has 0 aliphatic rings. The van der Waals surface area contributed by atoms with Crippen molar-refractivity contribution < 1.29 is 9.90 Å². The molecule has 2 N–H and O–H groups in total. The van der Waals surface area contributed by atoms with Crippen molar-refractivity contribution in [2.45, 2.75) is 26.4 Å². The van der Waals surface area contributed by atoms with E-state index >= 15 is 0 Å². The smallest absolute Gasteiger partial charge is 0.271 e. The average Bonchev–Trinajstić information content (AvgIpc) is 2.31. The molecule has 0 saturated carbocycles. The Hall–Kier alpha value is -0.840. The molecule has 0 aromatic carbocycles. The van der Waals surface area contributed by atoms with Crippen LogP contribution >= 0.6 is 23.2 Å². The SMILES string of the molecule is CC(C)C(O)CCNC(=O)c1nc(Cl)ccc1Cl. The summed E-state index contributed by atoms with van der Waals surface area (Å²) in [5.74, 6) is -0.228. The summed E-state index contributed by atoms with van der Waals surface area (Å²) in [6.45, 7) is 4.20. The maximum absolute atomic E-state index is 11.8. The van der Waals surface area contributed by atoms with Gasteiger partial charge in [-0.25, -0.2) is 4.98 Å². The lowest BCUT2D eigenvalue weighted by Crippen LogP contribution is -2.29. The fourth-order valence-corrected chi connectivity index (χ4v) is 1.67. The number of pyridine rings is 1. The van der Waals surface area contributed by atoms with Crippen molar-refractivity contribution in [2.24, 2.45) is 5.92 Å². The molecule has 0 fully saturated rings. The third-order valence-corrected chi connectivity index (χ3v) is 3.04. The number of nitrogens with zero attached hydrogens (tertiary/aromatic N) is 1. The lowest BCUT2D eigenvalue weighted by atomic mass is 10.0. The minimum absolute atomic E-state index is 0.100. The molecule has 1 rings (SSSR count). The molecule has 4 nitrogen and oxygen atoms in total. The molecule has 1 unspecified atom stereocenters. The predicted molar refractivity (Wildman–Crippen MR) is 72.1 cm³/mol. The van der Waals surface area contributed by atoms with Gasteiger partial charge in [0.2, 0.25) is 0 Å². The number of carbonyl (C=O) groups excluding carboxylic acids is 1. The van der Waals surface area contributed by atoms with E-state index in [2.05, 4.69) is 10.3 Å².